The third kappa shape index (κ3) is 3.86. The molecule has 4 heteroatoms. The van der Waals surface area contributed by atoms with Crippen molar-refractivity contribution in [2.45, 2.75) is 19.4 Å². The molecule has 0 saturated carbocycles. The molecule has 0 saturated heterocycles. The first-order chi connectivity index (χ1) is 8.70. The van der Waals surface area contributed by atoms with Crippen LogP contribution in [0.1, 0.15) is 24.9 Å². The molecule has 0 aliphatic heterocycles. The van der Waals surface area contributed by atoms with E-state index in [1.165, 1.54) is 0 Å². The van der Waals surface area contributed by atoms with Crippen LogP contribution in [-0.4, -0.2) is 36.1 Å². The molecule has 1 unspecified atom stereocenters. The minimum atomic E-state index is -0.296. The molecular formula is C14H18N2O2. The second-order valence-corrected chi connectivity index (χ2v) is 3.95. The number of amides is 1. The van der Waals surface area contributed by atoms with Crippen molar-refractivity contribution in [1.29, 1.82) is 0 Å². The minimum Gasteiger partial charge on any atom is -0.385 e. The standard InChI is InChI=1S/C14H18N2O2/c1-4-14(17)16(10-5-11-18-3)12(2)13-6-8-15-9-7-13/h1,6-9,12H,5,10-11H2,2-3H3. The van der Waals surface area contributed by atoms with Crippen molar-refractivity contribution >= 4 is 5.91 Å². The van der Waals surface area contributed by atoms with E-state index < -0.39 is 0 Å². The van der Waals surface area contributed by atoms with Crippen LogP contribution in [0.3, 0.4) is 0 Å². The molecule has 0 aliphatic carbocycles. The van der Waals surface area contributed by atoms with Crippen molar-refractivity contribution < 1.29 is 9.53 Å². The number of methoxy groups -OCH3 is 1. The summed E-state index contributed by atoms with van der Waals surface area (Å²) in [5.74, 6) is 1.88. The van der Waals surface area contributed by atoms with Crippen molar-refractivity contribution in [2.75, 3.05) is 20.3 Å². The molecule has 1 atom stereocenters. The lowest BCUT2D eigenvalue weighted by molar-refractivity contribution is -0.127. The maximum absolute atomic E-state index is 11.8. The molecule has 1 heterocycles. The van der Waals surface area contributed by atoms with Gasteiger partial charge in [0, 0.05) is 32.7 Å². The summed E-state index contributed by atoms with van der Waals surface area (Å²) >= 11 is 0. The average molecular weight is 246 g/mol. The lowest BCUT2D eigenvalue weighted by Crippen LogP contribution is -2.34. The van der Waals surface area contributed by atoms with E-state index in [0.717, 1.165) is 12.0 Å². The Bertz CT molecular complexity index is 412. The van der Waals surface area contributed by atoms with E-state index in [0.29, 0.717) is 13.2 Å². The Morgan fingerprint density at radius 1 is 1.56 bits per heavy atom. The van der Waals surface area contributed by atoms with Gasteiger partial charge in [-0.05, 0) is 37.0 Å². The summed E-state index contributed by atoms with van der Waals surface area (Å²) < 4.78 is 4.99. The van der Waals surface area contributed by atoms with Gasteiger partial charge in [0.25, 0.3) is 5.91 Å². The largest absolute Gasteiger partial charge is 0.385 e. The molecule has 0 aromatic carbocycles. The van der Waals surface area contributed by atoms with Gasteiger partial charge in [-0.2, -0.15) is 0 Å². The fourth-order valence-electron chi connectivity index (χ4n) is 1.76. The molecule has 1 amide bonds. The summed E-state index contributed by atoms with van der Waals surface area (Å²) in [5.41, 5.74) is 1.02. The predicted molar refractivity (Wildman–Crippen MR) is 69.7 cm³/mol. The fourth-order valence-corrected chi connectivity index (χ4v) is 1.76. The lowest BCUT2D eigenvalue weighted by atomic mass is 10.1. The zero-order chi connectivity index (χ0) is 13.4. The number of nitrogens with zero attached hydrogens (tertiary/aromatic N) is 2. The number of pyridine rings is 1. The van der Waals surface area contributed by atoms with Crippen LogP contribution >= 0.6 is 0 Å². The van der Waals surface area contributed by atoms with Crippen LogP contribution < -0.4 is 0 Å². The Labute approximate surface area is 108 Å². The van der Waals surface area contributed by atoms with Gasteiger partial charge in [-0.15, -0.1) is 6.42 Å². The molecule has 18 heavy (non-hydrogen) atoms. The van der Waals surface area contributed by atoms with Crippen LogP contribution in [0.25, 0.3) is 0 Å². The second kappa shape index (κ2) is 7.46. The predicted octanol–water partition coefficient (Wildman–Crippen LogP) is 1.64. The highest BCUT2D eigenvalue weighted by Gasteiger charge is 2.19. The zero-order valence-electron chi connectivity index (χ0n) is 10.8. The van der Waals surface area contributed by atoms with Crippen LogP contribution in [-0.2, 0) is 9.53 Å². The number of hydrogen-bond donors (Lipinski definition) is 0. The van der Waals surface area contributed by atoms with Gasteiger partial charge < -0.3 is 9.64 Å². The number of carbonyl (C=O) groups is 1. The zero-order valence-corrected chi connectivity index (χ0v) is 10.8. The van der Waals surface area contributed by atoms with E-state index in [2.05, 4.69) is 10.9 Å². The molecule has 0 aliphatic rings. The number of hydrogen-bond acceptors (Lipinski definition) is 3. The lowest BCUT2D eigenvalue weighted by Gasteiger charge is -2.27. The maximum Gasteiger partial charge on any atom is 0.298 e. The monoisotopic (exact) mass is 246 g/mol. The minimum absolute atomic E-state index is 0.0617. The van der Waals surface area contributed by atoms with Gasteiger partial charge in [0.2, 0.25) is 0 Å². The molecular weight excluding hydrogens is 228 g/mol. The van der Waals surface area contributed by atoms with Crippen LogP contribution in [0, 0.1) is 12.3 Å². The number of aromatic nitrogens is 1. The van der Waals surface area contributed by atoms with Crippen molar-refractivity contribution in [3.63, 3.8) is 0 Å². The molecule has 0 radical (unpaired) electrons. The Morgan fingerprint density at radius 3 is 2.78 bits per heavy atom. The Kier molecular flexibility index (Phi) is 5.89. The second-order valence-electron chi connectivity index (χ2n) is 3.95. The highest BCUT2D eigenvalue weighted by Crippen LogP contribution is 2.19. The van der Waals surface area contributed by atoms with Crippen LogP contribution in [0.5, 0.6) is 0 Å². The third-order valence-electron chi connectivity index (χ3n) is 2.79. The van der Waals surface area contributed by atoms with Crippen LogP contribution in [0.15, 0.2) is 24.5 Å². The first-order valence-corrected chi connectivity index (χ1v) is 5.86. The summed E-state index contributed by atoms with van der Waals surface area (Å²) in [6.45, 7) is 3.15. The van der Waals surface area contributed by atoms with E-state index >= 15 is 0 Å². The number of terminal acetylenes is 1. The molecule has 96 valence electrons. The average Bonchev–Trinajstić information content (AvgIpc) is 2.43. The highest BCUT2D eigenvalue weighted by molar-refractivity contribution is 5.93. The van der Waals surface area contributed by atoms with E-state index in [4.69, 9.17) is 11.2 Å². The van der Waals surface area contributed by atoms with E-state index in [-0.39, 0.29) is 11.9 Å². The smallest absolute Gasteiger partial charge is 0.298 e. The van der Waals surface area contributed by atoms with Gasteiger partial charge in [-0.25, -0.2) is 0 Å². The third-order valence-corrected chi connectivity index (χ3v) is 2.79. The Balaban J connectivity index is 2.76. The maximum atomic E-state index is 11.8. The van der Waals surface area contributed by atoms with Gasteiger partial charge in [0.05, 0.1) is 6.04 Å². The fraction of sp³-hybridized carbons (Fsp3) is 0.429. The molecule has 1 rings (SSSR count). The Hall–Kier alpha value is -1.86. The van der Waals surface area contributed by atoms with Gasteiger partial charge in [-0.3, -0.25) is 9.78 Å². The molecule has 0 fully saturated rings. The van der Waals surface area contributed by atoms with Crippen molar-refractivity contribution in [1.82, 2.24) is 9.88 Å². The molecule has 1 aromatic heterocycles. The summed E-state index contributed by atoms with van der Waals surface area (Å²) in [7, 11) is 1.64. The molecule has 4 nitrogen and oxygen atoms in total. The van der Waals surface area contributed by atoms with Gasteiger partial charge >= 0.3 is 0 Å². The number of ether oxygens (including phenoxy) is 1. The summed E-state index contributed by atoms with van der Waals surface area (Å²) in [5, 5.41) is 0. The normalized spacial score (nSPS) is 11.6. The van der Waals surface area contributed by atoms with Crippen molar-refractivity contribution in [3.8, 4) is 12.3 Å². The van der Waals surface area contributed by atoms with Crippen molar-refractivity contribution in [3.05, 3.63) is 30.1 Å². The van der Waals surface area contributed by atoms with Crippen LogP contribution in [0.2, 0.25) is 0 Å². The molecule has 0 bridgehead atoms. The Morgan fingerprint density at radius 2 is 2.22 bits per heavy atom. The highest BCUT2D eigenvalue weighted by atomic mass is 16.5. The van der Waals surface area contributed by atoms with Gasteiger partial charge in [0.15, 0.2) is 0 Å². The molecule has 0 N–H and O–H groups in total. The van der Waals surface area contributed by atoms with Gasteiger partial charge in [0.1, 0.15) is 0 Å². The summed E-state index contributed by atoms with van der Waals surface area (Å²) in [6.07, 6.45) is 9.39. The van der Waals surface area contributed by atoms with Gasteiger partial charge in [-0.1, -0.05) is 0 Å². The summed E-state index contributed by atoms with van der Waals surface area (Å²) in [4.78, 5) is 17.4. The van der Waals surface area contributed by atoms with E-state index in [9.17, 15) is 4.79 Å². The quantitative estimate of drug-likeness (QED) is 0.566. The van der Waals surface area contributed by atoms with E-state index in [1.54, 1.807) is 24.4 Å². The topological polar surface area (TPSA) is 42.4 Å². The number of carbonyl (C=O) groups excluding carboxylic acids is 1. The molecule has 1 aromatic rings. The summed E-state index contributed by atoms with van der Waals surface area (Å²) in [6, 6.07) is 3.71. The SMILES string of the molecule is C#CC(=O)N(CCCOC)C(C)c1ccncc1. The number of rotatable bonds is 6. The first-order valence-electron chi connectivity index (χ1n) is 5.86. The van der Waals surface area contributed by atoms with Crippen molar-refractivity contribution in [2.24, 2.45) is 0 Å². The van der Waals surface area contributed by atoms with E-state index in [1.807, 2.05) is 19.1 Å². The molecule has 0 spiro atoms. The van der Waals surface area contributed by atoms with Crippen LogP contribution in [0.4, 0.5) is 0 Å². The first kappa shape index (κ1) is 14.2.